The quantitative estimate of drug-likeness (QED) is 0.751. The fraction of sp³-hybridized carbons (Fsp3) is 0.467. The third-order valence-corrected chi connectivity index (χ3v) is 3.75. The zero-order valence-electron chi connectivity index (χ0n) is 12.0. The minimum atomic E-state index is -0.840. The number of carbonyl (C=O) groups excluding carboxylic acids is 1. The lowest BCUT2D eigenvalue weighted by atomic mass is 9.69. The lowest BCUT2D eigenvalue weighted by Gasteiger charge is -2.37. The van der Waals surface area contributed by atoms with Gasteiger partial charge < -0.3 is 20.5 Å². The number of anilines is 1. The van der Waals surface area contributed by atoms with E-state index < -0.39 is 17.4 Å². The van der Waals surface area contributed by atoms with E-state index in [1.54, 1.807) is 24.3 Å². The summed E-state index contributed by atoms with van der Waals surface area (Å²) < 4.78 is 5.35. The van der Waals surface area contributed by atoms with E-state index in [4.69, 9.17) is 4.74 Å². The summed E-state index contributed by atoms with van der Waals surface area (Å²) in [4.78, 5) is 23.0. The summed E-state index contributed by atoms with van der Waals surface area (Å²) >= 11 is 0. The number of urea groups is 1. The summed E-state index contributed by atoms with van der Waals surface area (Å²) in [5.41, 5.74) is -0.179. The average Bonchev–Trinajstić information content (AvgIpc) is 2.37. The van der Waals surface area contributed by atoms with E-state index >= 15 is 0 Å². The van der Waals surface area contributed by atoms with Gasteiger partial charge in [-0.3, -0.25) is 4.79 Å². The van der Waals surface area contributed by atoms with Crippen molar-refractivity contribution in [2.45, 2.75) is 26.2 Å². The normalized spacial score (nSPS) is 15.7. The molecule has 0 spiro atoms. The Morgan fingerprint density at radius 3 is 2.71 bits per heavy atom. The van der Waals surface area contributed by atoms with Crippen LogP contribution in [0.3, 0.4) is 0 Å². The van der Waals surface area contributed by atoms with Crippen LogP contribution in [0.25, 0.3) is 0 Å². The van der Waals surface area contributed by atoms with Gasteiger partial charge in [-0.2, -0.15) is 0 Å². The smallest absolute Gasteiger partial charge is 0.319 e. The number of carbonyl (C=O) groups is 2. The summed E-state index contributed by atoms with van der Waals surface area (Å²) in [6, 6.07) is 6.65. The molecule has 1 fully saturated rings. The monoisotopic (exact) mass is 292 g/mol. The predicted octanol–water partition coefficient (Wildman–Crippen LogP) is 2.46. The Morgan fingerprint density at radius 2 is 2.14 bits per heavy atom. The second-order valence-electron chi connectivity index (χ2n) is 5.21. The van der Waals surface area contributed by atoms with Crippen molar-refractivity contribution in [1.29, 1.82) is 0 Å². The van der Waals surface area contributed by atoms with Gasteiger partial charge in [0.05, 0.1) is 12.0 Å². The number of carboxylic acid groups (broad SMARTS) is 1. The molecule has 0 radical (unpaired) electrons. The number of rotatable bonds is 6. The van der Waals surface area contributed by atoms with Crippen molar-refractivity contribution in [3.8, 4) is 5.75 Å². The van der Waals surface area contributed by atoms with Crippen molar-refractivity contribution in [3.05, 3.63) is 24.3 Å². The molecule has 1 aromatic carbocycles. The number of hydrogen-bond acceptors (Lipinski definition) is 3. The van der Waals surface area contributed by atoms with Gasteiger partial charge in [0.15, 0.2) is 0 Å². The van der Waals surface area contributed by atoms with Gasteiger partial charge in [-0.15, -0.1) is 0 Å². The molecule has 0 heterocycles. The van der Waals surface area contributed by atoms with Crippen molar-refractivity contribution in [2.24, 2.45) is 5.41 Å². The van der Waals surface area contributed by atoms with Crippen molar-refractivity contribution < 1.29 is 19.4 Å². The Balaban J connectivity index is 1.87. The number of aliphatic carboxylic acids is 1. The average molecular weight is 292 g/mol. The summed E-state index contributed by atoms with van der Waals surface area (Å²) in [5, 5.41) is 14.5. The maximum absolute atomic E-state index is 11.8. The van der Waals surface area contributed by atoms with E-state index in [0.717, 1.165) is 6.42 Å². The van der Waals surface area contributed by atoms with E-state index in [1.807, 2.05) is 6.92 Å². The molecule has 0 bridgehead atoms. The number of nitrogens with one attached hydrogen (secondary N) is 2. The molecule has 1 aromatic rings. The predicted molar refractivity (Wildman–Crippen MR) is 78.6 cm³/mol. The number of benzene rings is 1. The van der Waals surface area contributed by atoms with E-state index in [2.05, 4.69) is 10.6 Å². The molecule has 0 atom stereocenters. The first-order valence-corrected chi connectivity index (χ1v) is 7.07. The Bertz CT molecular complexity index is 526. The first kappa shape index (κ1) is 15.2. The maximum atomic E-state index is 11.8. The molecule has 0 saturated heterocycles. The highest BCUT2D eigenvalue weighted by molar-refractivity contribution is 5.90. The Kier molecular flexibility index (Phi) is 4.67. The van der Waals surface area contributed by atoms with Crippen LogP contribution in [0, 0.1) is 5.41 Å². The third-order valence-electron chi connectivity index (χ3n) is 3.75. The minimum Gasteiger partial charge on any atom is -0.494 e. The number of carboxylic acids is 1. The zero-order valence-corrected chi connectivity index (χ0v) is 12.0. The third kappa shape index (κ3) is 3.65. The molecule has 2 amide bonds. The van der Waals surface area contributed by atoms with E-state index in [-0.39, 0.29) is 6.54 Å². The molecular formula is C15H20N2O4. The molecule has 0 aromatic heterocycles. The van der Waals surface area contributed by atoms with Crippen LogP contribution in [0.2, 0.25) is 0 Å². The highest BCUT2D eigenvalue weighted by Gasteiger charge is 2.44. The molecule has 3 N–H and O–H groups in total. The van der Waals surface area contributed by atoms with Crippen LogP contribution < -0.4 is 15.4 Å². The van der Waals surface area contributed by atoms with Crippen LogP contribution in [0.4, 0.5) is 10.5 Å². The molecule has 1 aliphatic carbocycles. The first-order chi connectivity index (χ1) is 10.1. The molecule has 21 heavy (non-hydrogen) atoms. The van der Waals surface area contributed by atoms with Crippen LogP contribution in [-0.2, 0) is 4.79 Å². The van der Waals surface area contributed by atoms with Gasteiger partial charge in [-0.1, -0.05) is 12.5 Å². The SMILES string of the molecule is CCOc1cccc(NC(=O)NCC2(C(=O)O)CCC2)c1. The molecule has 1 saturated carbocycles. The molecule has 0 unspecified atom stereocenters. The van der Waals surface area contributed by atoms with Crippen molar-refractivity contribution >= 4 is 17.7 Å². The standard InChI is InChI=1S/C15H20N2O4/c1-2-21-12-6-3-5-11(9-12)17-14(20)16-10-15(13(18)19)7-4-8-15/h3,5-6,9H,2,4,7-8,10H2,1H3,(H,18,19)(H2,16,17,20). The topological polar surface area (TPSA) is 87.7 Å². The van der Waals surface area contributed by atoms with Crippen molar-refractivity contribution in [3.63, 3.8) is 0 Å². The second-order valence-corrected chi connectivity index (χ2v) is 5.21. The van der Waals surface area contributed by atoms with Crippen LogP contribution >= 0.6 is 0 Å². The molecule has 6 nitrogen and oxygen atoms in total. The Labute approximate surface area is 123 Å². The van der Waals surface area contributed by atoms with Crippen LogP contribution in [0.15, 0.2) is 24.3 Å². The first-order valence-electron chi connectivity index (χ1n) is 7.07. The number of hydrogen-bond donors (Lipinski definition) is 3. The molecule has 0 aliphatic heterocycles. The van der Waals surface area contributed by atoms with E-state index in [0.29, 0.717) is 30.9 Å². The summed E-state index contributed by atoms with van der Waals surface area (Å²) in [5.74, 6) is -0.163. The van der Waals surface area contributed by atoms with Gasteiger partial charge in [0, 0.05) is 18.3 Å². The Morgan fingerprint density at radius 1 is 1.38 bits per heavy atom. The minimum absolute atomic E-state index is 0.152. The van der Waals surface area contributed by atoms with Gasteiger partial charge in [0.1, 0.15) is 5.75 Å². The van der Waals surface area contributed by atoms with Gasteiger partial charge in [-0.05, 0) is 31.9 Å². The van der Waals surface area contributed by atoms with E-state index in [9.17, 15) is 14.7 Å². The highest BCUT2D eigenvalue weighted by Crippen LogP contribution is 2.40. The second kappa shape index (κ2) is 6.47. The van der Waals surface area contributed by atoms with Crippen LogP contribution in [-0.4, -0.2) is 30.3 Å². The molecule has 114 valence electrons. The lowest BCUT2D eigenvalue weighted by molar-refractivity contribution is -0.153. The summed E-state index contributed by atoms with van der Waals surface area (Å²) in [6.07, 6.45) is 2.12. The van der Waals surface area contributed by atoms with Gasteiger partial charge in [-0.25, -0.2) is 4.79 Å². The van der Waals surface area contributed by atoms with E-state index in [1.165, 1.54) is 0 Å². The molecule has 6 heteroatoms. The summed E-state index contributed by atoms with van der Waals surface area (Å²) in [7, 11) is 0. The molecule has 2 rings (SSSR count). The number of amides is 2. The fourth-order valence-electron chi connectivity index (χ4n) is 2.32. The largest absolute Gasteiger partial charge is 0.494 e. The lowest BCUT2D eigenvalue weighted by Crippen LogP contribution is -2.48. The van der Waals surface area contributed by atoms with Crippen molar-refractivity contribution in [2.75, 3.05) is 18.5 Å². The maximum Gasteiger partial charge on any atom is 0.319 e. The molecular weight excluding hydrogens is 272 g/mol. The molecule has 1 aliphatic rings. The zero-order chi connectivity index (χ0) is 15.3. The fourth-order valence-corrected chi connectivity index (χ4v) is 2.32. The highest BCUT2D eigenvalue weighted by atomic mass is 16.5. The van der Waals surface area contributed by atoms with Crippen LogP contribution in [0.1, 0.15) is 26.2 Å². The van der Waals surface area contributed by atoms with Gasteiger partial charge in [0.2, 0.25) is 0 Å². The van der Waals surface area contributed by atoms with Gasteiger partial charge >= 0.3 is 12.0 Å². The van der Waals surface area contributed by atoms with Crippen LogP contribution in [0.5, 0.6) is 5.75 Å². The van der Waals surface area contributed by atoms with Gasteiger partial charge in [0.25, 0.3) is 0 Å². The Hall–Kier alpha value is -2.24. The summed E-state index contributed by atoms with van der Waals surface area (Å²) in [6.45, 7) is 2.59. The van der Waals surface area contributed by atoms with Crippen molar-refractivity contribution in [1.82, 2.24) is 5.32 Å². The number of ether oxygens (including phenoxy) is 1.